The second kappa shape index (κ2) is 4.94. The first-order chi connectivity index (χ1) is 7.68. The molecule has 4 nitrogen and oxygen atoms in total. The lowest BCUT2D eigenvalue weighted by Crippen LogP contribution is -2.46. The van der Waals surface area contributed by atoms with E-state index < -0.39 is 15.6 Å². The van der Waals surface area contributed by atoms with E-state index in [-0.39, 0.29) is 11.5 Å². The zero-order chi connectivity index (χ0) is 13.3. The largest absolute Gasteiger partial charge is 0.394 e. The fourth-order valence-corrected chi connectivity index (χ4v) is 3.23. The van der Waals surface area contributed by atoms with Crippen LogP contribution in [-0.4, -0.2) is 25.7 Å². The normalized spacial score (nSPS) is 12.8. The number of aliphatic hydroxyl groups is 1. The Labute approximate surface area is 107 Å². The van der Waals surface area contributed by atoms with Gasteiger partial charge in [-0.25, -0.2) is 13.1 Å². The van der Waals surface area contributed by atoms with E-state index in [1.54, 1.807) is 32.9 Å². The van der Waals surface area contributed by atoms with Crippen molar-refractivity contribution < 1.29 is 13.5 Å². The number of hydrogen-bond acceptors (Lipinski definition) is 3. The van der Waals surface area contributed by atoms with Crippen LogP contribution in [0.5, 0.6) is 0 Å². The van der Waals surface area contributed by atoms with Gasteiger partial charge >= 0.3 is 0 Å². The third kappa shape index (κ3) is 3.67. The molecule has 17 heavy (non-hydrogen) atoms. The summed E-state index contributed by atoms with van der Waals surface area (Å²) >= 11 is 5.79. The average molecular weight is 278 g/mol. The number of nitrogens with one attached hydrogen (secondary N) is 1. The highest BCUT2D eigenvalue weighted by Crippen LogP contribution is 2.21. The fourth-order valence-electron chi connectivity index (χ4n) is 1.31. The molecule has 1 aromatic rings. The van der Waals surface area contributed by atoms with E-state index in [2.05, 4.69) is 4.72 Å². The first-order valence-electron chi connectivity index (χ1n) is 5.09. The predicted octanol–water partition coefficient (Wildman–Crippen LogP) is 1.70. The molecule has 2 N–H and O–H groups in total. The minimum absolute atomic E-state index is 0.131. The van der Waals surface area contributed by atoms with Gasteiger partial charge in [0.05, 0.1) is 17.0 Å². The number of benzene rings is 1. The van der Waals surface area contributed by atoms with E-state index in [1.807, 2.05) is 0 Å². The molecule has 0 unspecified atom stereocenters. The Balaban J connectivity index is 3.18. The number of rotatable bonds is 4. The number of hydrogen-bond donors (Lipinski definition) is 2. The monoisotopic (exact) mass is 277 g/mol. The first-order valence-corrected chi connectivity index (χ1v) is 6.95. The summed E-state index contributed by atoms with van der Waals surface area (Å²) in [5.41, 5.74) is -0.302. The quantitative estimate of drug-likeness (QED) is 0.880. The number of aliphatic hydroxyl groups excluding tert-OH is 1. The number of sulfonamides is 1. The van der Waals surface area contributed by atoms with Gasteiger partial charge in [0.25, 0.3) is 0 Å². The Hall–Kier alpha value is -0.620. The van der Waals surface area contributed by atoms with Gasteiger partial charge in [0.15, 0.2) is 0 Å². The van der Waals surface area contributed by atoms with Gasteiger partial charge in [-0.3, -0.25) is 0 Å². The lowest BCUT2D eigenvalue weighted by atomic mass is 10.1. The van der Waals surface area contributed by atoms with Gasteiger partial charge in [0.1, 0.15) is 0 Å². The van der Waals surface area contributed by atoms with Gasteiger partial charge in [-0.1, -0.05) is 17.7 Å². The SMILES string of the molecule is Cc1ccc(Cl)cc1S(=O)(=O)NC(C)(C)CO. The maximum absolute atomic E-state index is 12.1. The standard InChI is InChI=1S/C11H16ClNO3S/c1-8-4-5-9(12)6-10(8)17(15,16)13-11(2,3)7-14/h4-6,13-14H,7H2,1-3H3. The third-order valence-electron chi connectivity index (χ3n) is 2.25. The van der Waals surface area contributed by atoms with Crippen LogP contribution in [0.25, 0.3) is 0 Å². The summed E-state index contributed by atoms with van der Waals surface area (Å²) in [6.07, 6.45) is 0. The lowest BCUT2D eigenvalue weighted by molar-refractivity contribution is 0.208. The van der Waals surface area contributed by atoms with Crippen molar-refractivity contribution >= 4 is 21.6 Å². The van der Waals surface area contributed by atoms with Crippen molar-refractivity contribution in [3.05, 3.63) is 28.8 Å². The third-order valence-corrected chi connectivity index (χ3v) is 4.32. The molecule has 1 rings (SSSR count). The summed E-state index contributed by atoms with van der Waals surface area (Å²) in [6, 6.07) is 4.67. The summed E-state index contributed by atoms with van der Waals surface area (Å²) in [5.74, 6) is 0. The van der Waals surface area contributed by atoms with Gasteiger partial charge in [0, 0.05) is 5.02 Å². The molecule has 0 aliphatic rings. The van der Waals surface area contributed by atoms with E-state index in [9.17, 15) is 8.42 Å². The van der Waals surface area contributed by atoms with Crippen LogP contribution < -0.4 is 4.72 Å². The van der Waals surface area contributed by atoms with Gasteiger partial charge < -0.3 is 5.11 Å². The van der Waals surface area contributed by atoms with Crippen molar-refractivity contribution in [1.29, 1.82) is 0 Å². The second-order valence-electron chi connectivity index (χ2n) is 4.56. The minimum Gasteiger partial charge on any atom is -0.394 e. The first kappa shape index (κ1) is 14.4. The van der Waals surface area contributed by atoms with Crippen LogP contribution in [-0.2, 0) is 10.0 Å². The highest BCUT2D eigenvalue weighted by molar-refractivity contribution is 7.89. The van der Waals surface area contributed by atoms with Crippen molar-refractivity contribution in [2.24, 2.45) is 0 Å². The van der Waals surface area contributed by atoms with E-state index in [0.29, 0.717) is 10.6 Å². The van der Waals surface area contributed by atoms with Crippen LogP contribution in [0, 0.1) is 6.92 Å². The van der Waals surface area contributed by atoms with Gasteiger partial charge in [-0.2, -0.15) is 0 Å². The molecule has 0 bridgehead atoms. The Bertz CT molecular complexity index is 511. The summed E-state index contributed by atoms with van der Waals surface area (Å²) in [4.78, 5) is 0.131. The highest BCUT2D eigenvalue weighted by atomic mass is 35.5. The van der Waals surface area contributed by atoms with Crippen LogP contribution in [0.1, 0.15) is 19.4 Å². The molecule has 0 saturated carbocycles. The summed E-state index contributed by atoms with van der Waals surface area (Å²) < 4.78 is 26.6. The molecule has 0 radical (unpaired) electrons. The summed E-state index contributed by atoms with van der Waals surface area (Å²) in [7, 11) is -3.68. The van der Waals surface area contributed by atoms with E-state index in [4.69, 9.17) is 16.7 Å². The van der Waals surface area contributed by atoms with Crippen molar-refractivity contribution in [3.63, 3.8) is 0 Å². The Morgan fingerprint density at radius 2 is 2.00 bits per heavy atom. The highest BCUT2D eigenvalue weighted by Gasteiger charge is 2.26. The lowest BCUT2D eigenvalue weighted by Gasteiger charge is -2.23. The average Bonchev–Trinajstić information content (AvgIpc) is 2.20. The van der Waals surface area contributed by atoms with Crippen LogP contribution in [0.3, 0.4) is 0 Å². The zero-order valence-corrected chi connectivity index (χ0v) is 11.6. The Morgan fingerprint density at radius 1 is 1.41 bits per heavy atom. The molecule has 0 heterocycles. The van der Waals surface area contributed by atoms with Crippen molar-refractivity contribution in [2.75, 3.05) is 6.61 Å². The number of halogens is 1. The van der Waals surface area contributed by atoms with Crippen molar-refractivity contribution in [1.82, 2.24) is 4.72 Å². The molecule has 6 heteroatoms. The molecule has 0 spiro atoms. The van der Waals surface area contributed by atoms with E-state index >= 15 is 0 Å². The van der Waals surface area contributed by atoms with Gasteiger partial charge in [-0.15, -0.1) is 0 Å². The molecule has 96 valence electrons. The molecule has 1 aromatic carbocycles. The van der Waals surface area contributed by atoms with Crippen LogP contribution in [0.4, 0.5) is 0 Å². The summed E-state index contributed by atoms with van der Waals surface area (Å²) in [6.45, 7) is 4.61. The topological polar surface area (TPSA) is 66.4 Å². The van der Waals surface area contributed by atoms with Crippen molar-refractivity contribution in [3.8, 4) is 0 Å². The van der Waals surface area contributed by atoms with Crippen molar-refractivity contribution in [2.45, 2.75) is 31.2 Å². The molecular weight excluding hydrogens is 262 g/mol. The molecular formula is C11H16ClNO3S. The molecule has 0 aliphatic carbocycles. The van der Waals surface area contributed by atoms with Crippen LogP contribution >= 0.6 is 11.6 Å². The van der Waals surface area contributed by atoms with Gasteiger partial charge in [0.2, 0.25) is 10.0 Å². The zero-order valence-electron chi connectivity index (χ0n) is 9.99. The molecule has 0 amide bonds. The second-order valence-corrected chi connectivity index (χ2v) is 6.64. The van der Waals surface area contributed by atoms with Gasteiger partial charge in [-0.05, 0) is 38.5 Å². The molecule has 0 saturated heterocycles. The molecule has 0 fully saturated rings. The predicted molar refractivity (Wildman–Crippen MR) is 67.7 cm³/mol. The number of aryl methyl sites for hydroxylation is 1. The fraction of sp³-hybridized carbons (Fsp3) is 0.455. The van der Waals surface area contributed by atoms with E-state index in [0.717, 1.165) is 0 Å². The molecule has 0 aromatic heterocycles. The van der Waals surface area contributed by atoms with Crippen LogP contribution in [0.2, 0.25) is 5.02 Å². The Kier molecular flexibility index (Phi) is 4.19. The maximum Gasteiger partial charge on any atom is 0.241 e. The Morgan fingerprint density at radius 3 is 2.53 bits per heavy atom. The molecule has 0 aliphatic heterocycles. The smallest absolute Gasteiger partial charge is 0.241 e. The van der Waals surface area contributed by atoms with Crippen LogP contribution in [0.15, 0.2) is 23.1 Å². The summed E-state index contributed by atoms with van der Waals surface area (Å²) in [5, 5.41) is 9.43. The maximum atomic E-state index is 12.1. The molecule has 0 atom stereocenters. The van der Waals surface area contributed by atoms with E-state index in [1.165, 1.54) is 6.07 Å². The minimum atomic E-state index is -3.68.